The lowest BCUT2D eigenvalue weighted by atomic mass is 9.85. The first-order valence-corrected chi connectivity index (χ1v) is 17.4. The van der Waals surface area contributed by atoms with E-state index in [9.17, 15) is 9.59 Å². The van der Waals surface area contributed by atoms with Crippen molar-refractivity contribution in [3.8, 4) is 22.5 Å². The summed E-state index contributed by atoms with van der Waals surface area (Å²) in [6.07, 6.45) is 5.80. The minimum Gasteiger partial charge on any atom is -0.378 e. The zero-order chi connectivity index (χ0) is 34.3. The van der Waals surface area contributed by atoms with Gasteiger partial charge in [0.25, 0.3) is 5.91 Å². The van der Waals surface area contributed by atoms with Gasteiger partial charge in [-0.15, -0.1) is 11.3 Å². The van der Waals surface area contributed by atoms with Gasteiger partial charge in [0.1, 0.15) is 0 Å². The summed E-state index contributed by atoms with van der Waals surface area (Å²) in [4.78, 5) is 48.7. The number of benzene rings is 2. The van der Waals surface area contributed by atoms with Crippen molar-refractivity contribution in [3.05, 3.63) is 76.4 Å². The Kier molecular flexibility index (Phi) is 8.76. The topological polar surface area (TPSA) is 139 Å². The van der Waals surface area contributed by atoms with E-state index < -0.39 is 0 Å². The zero-order valence-electron chi connectivity index (χ0n) is 28.2. The molecule has 0 atom stereocenters. The molecule has 0 unspecified atom stereocenters. The number of morpholine rings is 1. The third-order valence-electron chi connectivity index (χ3n) is 9.43. The molecule has 12 heteroatoms. The number of aromatic nitrogens is 4. The molecule has 11 nitrogen and oxygen atoms in total. The third kappa shape index (κ3) is 6.45. The monoisotopic (exact) mass is 676 g/mol. The fourth-order valence-corrected chi connectivity index (χ4v) is 7.96. The summed E-state index contributed by atoms with van der Waals surface area (Å²) in [5.74, 6) is 1.40. The molecule has 2 aromatic carbocycles. The molecular formula is C37H40N8O3S. The zero-order valence-corrected chi connectivity index (χ0v) is 29.1. The molecule has 2 amide bonds. The Balaban J connectivity index is 1.06. The molecule has 49 heavy (non-hydrogen) atoms. The predicted molar refractivity (Wildman–Crippen MR) is 194 cm³/mol. The number of aryl methyl sites for hydroxylation is 2. The molecule has 0 radical (unpaired) electrons. The summed E-state index contributed by atoms with van der Waals surface area (Å²) in [7, 11) is 0. The highest BCUT2D eigenvalue weighted by atomic mass is 32.1. The predicted octanol–water partition coefficient (Wildman–Crippen LogP) is 5.59. The molecule has 0 aliphatic carbocycles. The number of hydrogen-bond acceptors (Lipinski definition) is 10. The van der Waals surface area contributed by atoms with E-state index in [0.29, 0.717) is 55.5 Å². The number of thiophene rings is 1. The molecule has 0 spiro atoms. The Morgan fingerprint density at radius 3 is 2.43 bits per heavy atom. The van der Waals surface area contributed by atoms with Crippen molar-refractivity contribution >= 4 is 50.8 Å². The Hall–Kier alpha value is -4.94. The number of nitrogens with two attached hydrogens (primary N) is 1. The molecule has 3 N–H and O–H groups in total. The van der Waals surface area contributed by atoms with Gasteiger partial charge in [0.05, 0.1) is 33.9 Å². The first-order valence-electron chi connectivity index (χ1n) is 16.6. The van der Waals surface area contributed by atoms with Gasteiger partial charge in [-0.25, -0.2) is 19.9 Å². The molecule has 1 saturated heterocycles. The summed E-state index contributed by atoms with van der Waals surface area (Å²) in [6.45, 7) is 10.9. The van der Waals surface area contributed by atoms with Gasteiger partial charge in [-0.1, -0.05) is 30.3 Å². The van der Waals surface area contributed by atoms with Crippen LogP contribution in [0.1, 0.15) is 53.6 Å². The Bertz CT molecular complexity index is 2040. The van der Waals surface area contributed by atoms with Crippen LogP contribution in [0.4, 0.5) is 17.5 Å². The largest absolute Gasteiger partial charge is 0.378 e. The van der Waals surface area contributed by atoms with E-state index in [4.69, 9.17) is 20.4 Å². The SMILES string of the molecule is CC(=O)N1c2ccc(-c3ccc(CCNC(=O)c4sc5c(N6CCOCC6)nc(-c6cnc(N)nc6)nc5c4C)cc3)cc2CCC1(C)C. The summed E-state index contributed by atoms with van der Waals surface area (Å²) in [6, 6.07) is 14.9. The average molecular weight is 677 g/mol. The second-order valence-electron chi connectivity index (χ2n) is 13.2. The standard InChI is InChI=1S/C37H40N8O3S/c1-22-30-32(34(44-15-17-48-18-16-44)43-33(42-30)28-20-40-36(38)41-21-28)49-31(22)35(47)39-14-12-24-5-7-25(8-6-24)26-9-10-29-27(19-26)11-13-37(3,4)45(29)23(2)46/h5-10,19-21H,11-18H2,1-4H3,(H,39,47)(H2,38,40,41). The van der Waals surface area contributed by atoms with Crippen LogP contribution in [0.25, 0.3) is 32.7 Å². The van der Waals surface area contributed by atoms with Gasteiger partial charge in [0, 0.05) is 50.2 Å². The molecule has 2 aliphatic heterocycles. The molecule has 0 saturated carbocycles. The van der Waals surface area contributed by atoms with E-state index >= 15 is 0 Å². The van der Waals surface area contributed by atoms with Crippen LogP contribution < -0.4 is 20.9 Å². The second kappa shape index (κ2) is 13.2. The third-order valence-corrected chi connectivity index (χ3v) is 10.7. The Labute approximate surface area is 289 Å². The second-order valence-corrected chi connectivity index (χ2v) is 14.3. The molecular weight excluding hydrogens is 637 g/mol. The molecule has 2 aliphatic rings. The normalized spacial score (nSPS) is 15.7. The lowest BCUT2D eigenvalue weighted by molar-refractivity contribution is -0.117. The molecule has 7 rings (SSSR count). The van der Waals surface area contributed by atoms with Crippen molar-refractivity contribution in [1.29, 1.82) is 0 Å². The number of amides is 2. The molecule has 5 heterocycles. The summed E-state index contributed by atoms with van der Waals surface area (Å²) in [5, 5.41) is 3.12. The Morgan fingerprint density at radius 1 is 1.00 bits per heavy atom. The average Bonchev–Trinajstić information content (AvgIpc) is 3.44. The lowest BCUT2D eigenvalue weighted by Gasteiger charge is -2.43. The van der Waals surface area contributed by atoms with Crippen LogP contribution >= 0.6 is 11.3 Å². The van der Waals surface area contributed by atoms with Gasteiger partial charge in [0.2, 0.25) is 11.9 Å². The van der Waals surface area contributed by atoms with Crippen molar-refractivity contribution in [2.24, 2.45) is 0 Å². The molecule has 252 valence electrons. The minimum atomic E-state index is -0.190. The number of ether oxygens (including phenoxy) is 1. The van der Waals surface area contributed by atoms with Crippen LogP contribution in [0.15, 0.2) is 54.9 Å². The highest BCUT2D eigenvalue weighted by Crippen LogP contribution is 2.40. The lowest BCUT2D eigenvalue weighted by Crippen LogP contribution is -2.50. The maximum atomic E-state index is 13.5. The number of hydrogen-bond donors (Lipinski definition) is 2. The van der Waals surface area contributed by atoms with Gasteiger partial charge >= 0.3 is 0 Å². The first-order chi connectivity index (χ1) is 23.6. The van der Waals surface area contributed by atoms with E-state index in [0.717, 1.165) is 56.8 Å². The van der Waals surface area contributed by atoms with Gasteiger partial charge in [0.15, 0.2) is 11.6 Å². The van der Waals surface area contributed by atoms with E-state index in [-0.39, 0.29) is 23.3 Å². The van der Waals surface area contributed by atoms with Gasteiger partial charge in [-0.3, -0.25) is 9.59 Å². The minimum absolute atomic E-state index is 0.0723. The molecule has 0 bridgehead atoms. The van der Waals surface area contributed by atoms with E-state index in [1.54, 1.807) is 19.3 Å². The number of fused-ring (bicyclic) bond motifs is 2. The number of anilines is 3. The number of nitrogen functional groups attached to an aromatic ring is 1. The number of nitrogens with one attached hydrogen (secondary N) is 1. The molecule has 1 fully saturated rings. The van der Waals surface area contributed by atoms with Crippen molar-refractivity contribution in [2.75, 3.05) is 48.4 Å². The first kappa shape index (κ1) is 32.6. The van der Waals surface area contributed by atoms with Gasteiger partial charge in [-0.2, -0.15) is 0 Å². The van der Waals surface area contributed by atoms with E-state index in [2.05, 4.69) is 76.5 Å². The van der Waals surface area contributed by atoms with Crippen LogP contribution in [-0.2, 0) is 22.4 Å². The molecule has 3 aromatic heterocycles. The number of carbonyl (C=O) groups is 2. The van der Waals surface area contributed by atoms with E-state index in [1.165, 1.54) is 16.9 Å². The van der Waals surface area contributed by atoms with Crippen LogP contribution in [0.5, 0.6) is 0 Å². The maximum Gasteiger partial charge on any atom is 0.261 e. The van der Waals surface area contributed by atoms with Crippen LogP contribution in [-0.4, -0.2) is 70.1 Å². The van der Waals surface area contributed by atoms with Crippen LogP contribution in [0.2, 0.25) is 0 Å². The van der Waals surface area contributed by atoms with Gasteiger partial charge in [-0.05, 0) is 80.0 Å². The number of carbonyl (C=O) groups excluding carboxylic acids is 2. The van der Waals surface area contributed by atoms with Gasteiger partial charge < -0.3 is 25.6 Å². The highest BCUT2D eigenvalue weighted by molar-refractivity contribution is 7.21. The van der Waals surface area contributed by atoms with Crippen LogP contribution in [0, 0.1) is 6.92 Å². The van der Waals surface area contributed by atoms with Crippen molar-refractivity contribution in [1.82, 2.24) is 25.3 Å². The highest BCUT2D eigenvalue weighted by Gasteiger charge is 2.35. The summed E-state index contributed by atoms with van der Waals surface area (Å²) >= 11 is 1.42. The smallest absolute Gasteiger partial charge is 0.261 e. The van der Waals surface area contributed by atoms with Crippen LogP contribution in [0.3, 0.4) is 0 Å². The molecule has 5 aromatic rings. The maximum absolute atomic E-state index is 13.5. The fourth-order valence-electron chi connectivity index (χ4n) is 6.78. The Morgan fingerprint density at radius 2 is 1.71 bits per heavy atom. The van der Waals surface area contributed by atoms with Crippen molar-refractivity contribution in [2.45, 2.75) is 52.5 Å². The summed E-state index contributed by atoms with van der Waals surface area (Å²) < 4.78 is 6.46. The van der Waals surface area contributed by atoms with Crippen molar-refractivity contribution in [3.63, 3.8) is 0 Å². The quantitative estimate of drug-likeness (QED) is 0.226. The summed E-state index contributed by atoms with van der Waals surface area (Å²) in [5.41, 5.74) is 13.3. The fraction of sp³-hybridized carbons (Fsp3) is 0.351. The number of rotatable bonds is 7. The number of nitrogens with zero attached hydrogens (tertiary/aromatic N) is 6. The van der Waals surface area contributed by atoms with Crippen molar-refractivity contribution < 1.29 is 14.3 Å². The van der Waals surface area contributed by atoms with E-state index in [1.807, 2.05) is 11.8 Å².